The molecule has 0 N–H and O–H groups in total. The van der Waals surface area contributed by atoms with Crippen LogP contribution in [0.15, 0.2) is 204 Å². The van der Waals surface area contributed by atoms with Gasteiger partial charge in [-0.15, -0.1) is 0 Å². The number of benzene rings is 8. The molecule has 1 aromatic heterocycles. The molecule has 2 heterocycles. The van der Waals surface area contributed by atoms with Crippen molar-refractivity contribution >= 4 is 11.8 Å². The lowest BCUT2D eigenvalue weighted by Gasteiger charge is -2.39. The van der Waals surface area contributed by atoms with Gasteiger partial charge in [0.1, 0.15) is 0 Å². The summed E-state index contributed by atoms with van der Waals surface area (Å²) in [5.74, 6) is 1.89. The van der Waals surface area contributed by atoms with E-state index in [2.05, 4.69) is 127 Å². The second-order valence-corrected chi connectivity index (χ2v) is 15.7. The van der Waals surface area contributed by atoms with E-state index in [-0.39, 0.29) is 0 Å². The van der Waals surface area contributed by atoms with Gasteiger partial charge < -0.3 is 0 Å². The van der Waals surface area contributed by atoms with Gasteiger partial charge >= 0.3 is 0 Å². The van der Waals surface area contributed by atoms with Crippen LogP contribution in [-0.4, -0.2) is 15.0 Å². The lowest BCUT2D eigenvalue weighted by Crippen LogP contribution is -2.31. The minimum atomic E-state index is -0.515. The molecule has 0 amide bonds. The maximum atomic E-state index is 9.64. The number of hydrogen-bond acceptors (Lipinski definition) is 5. The number of nitriles is 1. The summed E-state index contributed by atoms with van der Waals surface area (Å²) in [4.78, 5) is 17.5. The monoisotopic (exact) mass is 756 g/mol. The van der Waals surface area contributed by atoms with Crippen LogP contribution in [0.2, 0.25) is 0 Å². The van der Waals surface area contributed by atoms with Crippen LogP contribution < -0.4 is 0 Å². The topological polar surface area (TPSA) is 62.5 Å². The molecule has 0 saturated carbocycles. The molecule has 0 saturated heterocycles. The number of nitrogens with zero attached hydrogens (tertiary/aromatic N) is 4. The van der Waals surface area contributed by atoms with Gasteiger partial charge in [-0.3, -0.25) is 0 Å². The predicted octanol–water partition coefficient (Wildman–Crippen LogP) is 12.9. The fourth-order valence-electron chi connectivity index (χ4n) is 8.87. The quantitative estimate of drug-likeness (QED) is 0.175. The molecule has 2 aliphatic rings. The van der Waals surface area contributed by atoms with Crippen molar-refractivity contribution in [3.8, 4) is 73.6 Å². The number of aromatic nitrogens is 3. The SMILES string of the molecule is N#Cc1ccc(-c2cccc3c2-c2cc(-c4cccc(-c5nc(-c6ccccc6)nc(-c6ccccc6)n5)c4)ccc2C32c3ccccc3Sc3ccccc32)cc1. The van der Waals surface area contributed by atoms with Crippen LogP contribution in [0, 0.1) is 11.3 Å². The van der Waals surface area contributed by atoms with E-state index in [4.69, 9.17) is 15.0 Å². The fourth-order valence-corrected chi connectivity index (χ4v) is 10.1. The van der Waals surface area contributed by atoms with Gasteiger partial charge in [-0.1, -0.05) is 169 Å². The van der Waals surface area contributed by atoms with Crippen molar-refractivity contribution in [1.82, 2.24) is 15.0 Å². The molecular formula is C53H32N4S. The standard InChI is InChI=1S/C53H32N4S/c54-33-34-25-27-35(28-26-34)41-19-12-22-46-49(41)42-32-39(29-30-43(42)53(46)44-20-7-9-23-47(44)58-48-24-10-8-21-45(48)53)38-17-11-18-40(31-38)52-56-50(36-13-3-1-4-14-36)55-51(57-52)37-15-5-2-6-16-37/h1-32H. The van der Waals surface area contributed by atoms with Crippen LogP contribution in [0.1, 0.15) is 27.8 Å². The van der Waals surface area contributed by atoms with E-state index in [1.807, 2.05) is 84.6 Å². The maximum absolute atomic E-state index is 9.64. The molecule has 1 spiro atoms. The van der Waals surface area contributed by atoms with E-state index in [1.54, 1.807) is 0 Å². The molecule has 5 heteroatoms. The van der Waals surface area contributed by atoms with E-state index < -0.39 is 5.41 Å². The Bertz CT molecular complexity index is 2990. The Hall–Kier alpha value is -7.39. The molecule has 270 valence electrons. The smallest absolute Gasteiger partial charge is 0.164 e. The van der Waals surface area contributed by atoms with Crippen LogP contribution >= 0.6 is 11.8 Å². The summed E-state index contributed by atoms with van der Waals surface area (Å²) in [5.41, 5.74) is 14.9. The second kappa shape index (κ2) is 13.7. The Balaban J connectivity index is 1.12. The van der Waals surface area contributed by atoms with E-state index in [1.165, 1.54) is 43.2 Å². The molecular weight excluding hydrogens is 725 g/mol. The highest BCUT2D eigenvalue weighted by Gasteiger charge is 2.50. The van der Waals surface area contributed by atoms with Crippen LogP contribution in [0.5, 0.6) is 0 Å². The van der Waals surface area contributed by atoms with Gasteiger partial charge in [0.15, 0.2) is 17.5 Å². The van der Waals surface area contributed by atoms with Gasteiger partial charge in [-0.25, -0.2) is 15.0 Å². The summed E-state index contributed by atoms with van der Waals surface area (Å²) in [5, 5.41) is 9.64. The first kappa shape index (κ1) is 33.9. The zero-order valence-corrected chi connectivity index (χ0v) is 32.0. The Morgan fingerprint density at radius 1 is 0.379 bits per heavy atom. The lowest BCUT2D eigenvalue weighted by atomic mass is 9.67. The molecule has 0 fully saturated rings. The molecule has 0 unspecified atom stereocenters. The molecule has 9 aromatic rings. The molecule has 8 aromatic carbocycles. The van der Waals surface area contributed by atoms with Crippen molar-refractivity contribution in [3.63, 3.8) is 0 Å². The third kappa shape index (κ3) is 5.34. The minimum absolute atomic E-state index is 0.515. The highest BCUT2D eigenvalue weighted by molar-refractivity contribution is 7.99. The van der Waals surface area contributed by atoms with E-state index >= 15 is 0 Å². The number of rotatable bonds is 5. The van der Waals surface area contributed by atoms with Crippen molar-refractivity contribution < 1.29 is 0 Å². The number of fused-ring (bicyclic) bond motifs is 9. The summed E-state index contributed by atoms with van der Waals surface area (Å²) in [6, 6.07) is 70.5. The Labute approximate surface area is 341 Å². The summed E-state index contributed by atoms with van der Waals surface area (Å²) in [7, 11) is 0. The maximum Gasteiger partial charge on any atom is 0.164 e. The zero-order valence-electron chi connectivity index (χ0n) is 31.2. The Kier molecular flexibility index (Phi) is 7.99. The van der Waals surface area contributed by atoms with Crippen molar-refractivity contribution in [3.05, 3.63) is 222 Å². The van der Waals surface area contributed by atoms with Gasteiger partial charge in [0, 0.05) is 26.5 Å². The molecule has 4 nitrogen and oxygen atoms in total. The summed E-state index contributed by atoms with van der Waals surface area (Å²) in [6.45, 7) is 0. The largest absolute Gasteiger partial charge is 0.208 e. The van der Waals surface area contributed by atoms with E-state index in [0.29, 0.717) is 23.0 Å². The first-order valence-corrected chi connectivity index (χ1v) is 20.1. The van der Waals surface area contributed by atoms with Crippen LogP contribution in [0.4, 0.5) is 0 Å². The molecule has 58 heavy (non-hydrogen) atoms. The van der Waals surface area contributed by atoms with Crippen molar-refractivity contribution in [1.29, 1.82) is 5.26 Å². The third-order valence-corrected chi connectivity index (χ3v) is 12.6. The van der Waals surface area contributed by atoms with Gasteiger partial charge in [0.25, 0.3) is 0 Å². The molecule has 1 aliphatic carbocycles. The molecule has 11 rings (SSSR count). The highest BCUT2D eigenvalue weighted by Crippen LogP contribution is 2.63. The highest BCUT2D eigenvalue weighted by atomic mass is 32.2. The lowest BCUT2D eigenvalue weighted by molar-refractivity contribution is 0.722. The van der Waals surface area contributed by atoms with Crippen LogP contribution in [-0.2, 0) is 5.41 Å². The molecule has 1 aliphatic heterocycles. The normalized spacial score (nSPS) is 12.9. The average Bonchev–Trinajstić information content (AvgIpc) is 3.59. The fraction of sp³-hybridized carbons (Fsp3) is 0.0189. The Morgan fingerprint density at radius 2 is 0.879 bits per heavy atom. The van der Waals surface area contributed by atoms with Crippen LogP contribution in [0.3, 0.4) is 0 Å². The van der Waals surface area contributed by atoms with Gasteiger partial charge in [-0.2, -0.15) is 5.26 Å². The van der Waals surface area contributed by atoms with Gasteiger partial charge in [0.2, 0.25) is 0 Å². The second-order valence-electron chi connectivity index (χ2n) is 14.6. The summed E-state index contributed by atoms with van der Waals surface area (Å²) < 4.78 is 0. The average molecular weight is 757 g/mol. The summed E-state index contributed by atoms with van der Waals surface area (Å²) in [6.07, 6.45) is 0. The zero-order chi connectivity index (χ0) is 38.6. The van der Waals surface area contributed by atoms with Crippen molar-refractivity contribution in [2.24, 2.45) is 0 Å². The predicted molar refractivity (Wildman–Crippen MR) is 233 cm³/mol. The molecule has 0 radical (unpaired) electrons. The van der Waals surface area contributed by atoms with E-state index in [0.717, 1.165) is 38.9 Å². The van der Waals surface area contributed by atoms with E-state index in [9.17, 15) is 5.26 Å². The third-order valence-electron chi connectivity index (χ3n) is 11.4. The van der Waals surface area contributed by atoms with Crippen LogP contribution in [0.25, 0.3) is 67.5 Å². The summed E-state index contributed by atoms with van der Waals surface area (Å²) >= 11 is 1.85. The Morgan fingerprint density at radius 3 is 1.52 bits per heavy atom. The van der Waals surface area contributed by atoms with Crippen molar-refractivity contribution in [2.75, 3.05) is 0 Å². The van der Waals surface area contributed by atoms with Gasteiger partial charge in [0.05, 0.1) is 17.0 Å². The molecule has 0 bridgehead atoms. The van der Waals surface area contributed by atoms with Gasteiger partial charge in [-0.05, 0) is 92.0 Å². The first-order chi connectivity index (χ1) is 28.7. The number of hydrogen-bond donors (Lipinski definition) is 0. The minimum Gasteiger partial charge on any atom is -0.208 e. The first-order valence-electron chi connectivity index (χ1n) is 19.3. The molecule has 0 atom stereocenters. The van der Waals surface area contributed by atoms with Crippen molar-refractivity contribution in [2.45, 2.75) is 15.2 Å².